The van der Waals surface area contributed by atoms with Crippen LogP contribution in [0.2, 0.25) is 5.02 Å². The number of nitrogens with one attached hydrogen (secondary N) is 1. The average molecular weight is 459 g/mol. The quantitative estimate of drug-likeness (QED) is 0.366. The fraction of sp³-hybridized carbons (Fsp3) is 0.250. The van der Waals surface area contributed by atoms with Gasteiger partial charge >= 0.3 is 12.1 Å². The van der Waals surface area contributed by atoms with E-state index in [0.29, 0.717) is 5.56 Å². The summed E-state index contributed by atoms with van der Waals surface area (Å²) in [5.41, 5.74) is 1.41. The number of hydrazone groups is 1. The molecule has 0 unspecified atom stereocenters. The number of alkyl halides is 3. The van der Waals surface area contributed by atoms with Crippen molar-refractivity contribution in [2.75, 3.05) is 20.3 Å². The largest absolute Gasteiger partial charge is 0.490 e. The van der Waals surface area contributed by atoms with Crippen molar-refractivity contribution in [1.82, 2.24) is 5.43 Å². The Bertz CT molecular complexity index is 980. The van der Waals surface area contributed by atoms with Gasteiger partial charge in [-0.25, -0.2) is 10.2 Å². The third-order valence-corrected chi connectivity index (χ3v) is 4.01. The number of methoxy groups -OCH3 is 1. The summed E-state index contributed by atoms with van der Waals surface area (Å²) >= 11 is 6.18. The number of amides is 1. The molecule has 1 N–H and O–H groups in total. The van der Waals surface area contributed by atoms with Crippen molar-refractivity contribution < 1.29 is 37.0 Å². The van der Waals surface area contributed by atoms with E-state index in [2.05, 4.69) is 15.3 Å². The highest BCUT2D eigenvalue weighted by Crippen LogP contribution is 2.36. The minimum atomic E-state index is -4.57. The number of carbonyl (C=O) groups is 2. The van der Waals surface area contributed by atoms with Gasteiger partial charge in [-0.1, -0.05) is 17.7 Å². The Hall–Kier alpha value is -3.27. The van der Waals surface area contributed by atoms with E-state index in [0.717, 1.165) is 18.2 Å². The molecule has 0 heterocycles. The van der Waals surface area contributed by atoms with E-state index in [1.165, 1.54) is 31.5 Å². The Kier molecular flexibility index (Phi) is 8.26. The van der Waals surface area contributed by atoms with Crippen LogP contribution in [0.1, 0.15) is 28.4 Å². The Labute approximate surface area is 180 Å². The van der Waals surface area contributed by atoms with Crippen molar-refractivity contribution in [1.29, 1.82) is 0 Å². The zero-order valence-corrected chi connectivity index (χ0v) is 17.2. The fourth-order valence-corrected chi connectivity index (χ4v) is 2.60. The van der Waals surface area contributed by atoms with Crippen LogP contribution in [0.3, 0.4) is 0 Å². The molecule has 0 saturated heterocycles. The molecule has 1 amide bonds. The number of esters is 1. The average Bonchev–Trinajstić information content (AvgIpc) is 2.72. The van der Waals surface area contributed by atoms with Gasteiger partial charge in [-0.3, -0.25) is 4.79 Å². The number of benzene rings is 2. The van der Waals surface area contributed by atoms with Crippen LogP contribution in [0.4, 0.5) is 13.2 Å². The Balaban J connectivity index is 2.15. The summed E-state index contributed by atoms with van der Waals surface area (Å²) in [6, 6.07) is 6.89. The predicted octanol–water partition coefficient (Wildman–Crippen LogP) is 4.07. The molecule has 2 rings (SSSR count). The van der Waals surface area contributed by atoms with Gasteiger partial charge < -0.3 is 14.2 Å². The minimum absolute atomic E-state index is 0.112. The second-order valence-corrected chi connectivity index (χ2v) is 6.31. The fourth-order valence-electron chi connectivity index (χ4n) is 2.32. The van der Waals surface area contributed by atoms with Gasteiger partial charge in [-0.2, -0.15) is 18.3 Å². The molecule has 0 fully saturated rings. The second-order valence-electron chi connectivity index (χ2n) is 5.91. The molecule has 0 bridgehead atoms. The second kappa shape index (κ2) is 10.7. The number of hydrogen-bond donors (Lipinski definition) is 1. The van der Waals surface area contributed by atoms with Crippen molar-refractivity contribution >= 4 is 29.7 Å². The maximum atomic E-state index is 12.8. The topological polar surface area (TPSA) is 86.2 Å². The summed E-state index contributed by atoms with van der Waals surface area (Å²) in [6.07, 6.45) is -3.34. The van der Waals surface area contributed by atoms with Crippen molar-refractivity contribution in [2.24, 2.45) is 5.10 Å². The van der Waals surface area contributed by atoms with Crippen LogP contribution in [-0.4, -0.2) is 38.4 Å². The van der Waals surface area contributed by atoms with E-state index in [1.807, 2.05) is 0 Å². The molecule has 0 radical (unpaired) electrons. The van der Waals surface area contributed by atoms with Crippen LogP contribution >= 0.6 is 11.6 Å². The highest BCUT2D eigenvalue weighted by Gasteiger charge is 2.30. The van der Waals surface area contributed by atoms with E-state index >= 15 is 0 Å². The van der Waals surface area contributed by atoms with Crippen molar-refractivity contribution in [2.45, 2.75) is 13.1 Å². The third-order valence-electron chi connectivity index (χ3n) is 3.73. The number of carbonyl (C=O) groups excluding carboxylic acids is 2. The summed E-state index contributed by atoms with van der Waals surface area (Å²) in [7, 11) is 1.21. The maximum Gasteiger partial charge on any atom is 0.416 e. The minimum Gasteiger partial charge on any atom is -0.490 e. The van der Waals surface area contributed by atoms with Gasteiger partial charge in [0.1, 0.15) is 0 Å². The first-order valence-corrected chi connectivity index (χ1v) is 9.20. The number of hydrogen-bond acceptors (Lipinski definition) is 6. The lowest BCUT2D eigenvalue weighted by molar-refractivity contribution is -0.143. The SMILES string of the molecule is CCOc1cc(/C=N\NC(=O)c2cccc(C(F)(F)F)c2)cc(Cl)c1OCC(=O)OC. The lowest BCUT2D eigenvalue weighted by Gasteiger charge is -2.13. The molecular formula is C20H18ClF3N2O5. The summed E-state index contributed by atoms with van der Waals surface area (Å²) in [5.74, 6) is -1.08. The van der Waals surface area contributed by atoms with Crippen LogP contribution in [-0.2, 0) is 15.7 Å². The van der Waals surface area contributed by atoms with E-state index in [4.69, 9.17) is 21.1 Å². The molecule has 0 saturated carbocycles. The Morgan fingerprint density at radius 2 is 1.94 bits per heavy atom. The molecule has 2 aromatic carbocycles. The number of ether oxygens (including phenoxy) is 3. The maximum absolute atomic E-state index is 12.8. The van der Waals surface area contributed by atoms with Gasteiger partial charge in [-0.05, 0) is 42.8 Å². The molecule has 0 spiro atoms. The van der Waals surface area contributed by atoms with Crippen LogP contribution in [0, 0.1) is 0 Å². The predicted molar refractivity (Wildman–Crippen MR) is 107 cm³/mol. The van der Waals surface area contributed by atoms with Crippen molar-refractivity contribution in [3.8, 4) is 11.5 Å². The lowest BCUT2D eigenvalue weighted by Crippen LogP contribution is -2.18. The van der Waals surface area contributed by atoms with E-state index in [1.54, 1.807) is 6.92 Å². The summed E-state index contributed by atoms with van der Waals surface area (Å²) in [6.45, 7) is 1.63. The molecule has 0 aromatic heterocycles. The molecule has 0 atom stereocenters. The molecule has 11 heteroatoms. The number of nitrogens with zero attached hydrogens (tertiary/aromatic N) is 1. The summed E-state index contributed by atoms with van der Waals surface area (Å²) in [4.78, 5) is 23.4. The summed E-state index contributed by atoms with van der Waals surface area (Å²) < 4.78 is 53.6. The van der Waals surface area contributed by atoms with Gasteiger partial charge in [0, 0.05) is 5.56 Å². The number of halogens is 4. The lowest BCUT2D eigenvalue weighted by atomic mass is 10.1. The standard InChI is InChI=1S/C20H18ClF3N2O5/c1-3-30-16-8-12(7-15(21)18(16)31-11-17(27)29-2)10-25-26-19(28)13-5-4-6-14(9-13)20(22,23)24/h4-10H,3,11H2,1-2H3,(H,26,28)/b25-10-. The molecule has 7 nitrogen and oxygen atoms in total. The Morgan fingerprint density at radius 1 is 1.19 bits per heavy atom. The molecule has 0 aliphatic rings. The molecule has 0 aliphatic heterocycles. The van der Waals surface area contributed by atoms with Crippen LogP contribution < -0.4 is 14.9 Å². The van der Waals surface area contributed by atoms with Gasteiger partial charge in [0.2, 0.25) is 0 Å². The van der Waals surface area contributed by atoms with Gasteiger partial charge in [0.15, 0.2) is 18.1 Å². The molecular weight excluding hydrogens is 441 g/mol. The van der Waals surface area contributed by atoms with E-state index < -0.39 is 23.6 Å². The first kappa shape index (κ1) is 24.0. The van der Waals surface area contributed by atoms with E-state index in [9.17, 15) is 22.8 Å². The van der Waals surface area contributed by atoms with Gasteiger partial charge in [0.05, 0.1) is 30.5 Å². The Morgan fingerprint density at radius 3 is 2.58 bits per heavy atom. The summed E-state index contributed by atoms with van der Waals surface area (Å²) in [5, 5.41) is 3.85. The van der Waals surface area contributed by atoms with Crippen LogP contribution in [0.15, 0.2) is 41.5 Å². The van der Waals surface area contributed by atoms with E-state index in [-0.39, 0.29) is 35.3 Å². The monoisotopic (exact) mass is 458 g/mol. The molecule has 166 valence electrons. The molecule has 2 aromatic rings. The zero-order valence-electron chi connectivity index (χ0n) is 16.5. The number of rotatable bonds is 8. The van der Waals surface area contributed by atoms with Crippen molar-refractivity contribution in [3.63, 3.8) is 0 Å². The molecule has 31 heavy (non-hydrogen) atoms. The van der Waals surface area contributed by atoms with Gasteiger partial charge in [-0.15, -0.1) is 0 Å². The van der Waals surface area contributed by atoms with Crippen LogP contribution in [0.5, 0.6) is 11.5 Å². The normalized spacial score (nSPS) is 11.3. The van der Waals surface area contributed by atoms with Crippen molar-refractivity contribution in [3.05, 3.63) is 58.1 Å². The highest BCUT2D eigenvalue weighted by atomic mass is 35.5. The first-order chi connectivity index (χ1) is 14.7. The zero-order chi connectivity index (χ0) is 23.0. The van der Waals surface area contributed by atoms with Crippen LogP contribution in [0.25, 0.3) is 0 Å². The smallest absolute Gasteiger partial charge is 0.416 e. The third kappa shape index (κ3) is 6.88. The highest BCUT2D eigenvalue weighted by molar-refractivity contribution is 6.32. The van der Waals surface area contributed by atoms with Gasteiger partial charge in [0.25, 0.3) is 5.91 Å². The first-order valence-electron chi connectivity index (χ1n) is 8.82. The molecule has 0 aliphatic carbocycles.